The predicted octanol–water partition coefficient (Wildman–Crippen LogP) is 3.21. The van der Waals surface area contributed by atoms with Crippen molar-refractivity contribution in [3.05, 3.63) is 53.1 Å². The summed E-state index contributed by atoms with van der Waals surface area (Å²) >= 11 is 0. The Kier molecular flexibility index (Phi) is 6.64. The lowest BCUT2D eigenvalue weighted by Crippen LogP contribution is -2.28. The molecular weight excluding hydrogens is 368 g/mol. The number of carbonyl (C=O) groups excluding carboxylic acids is 1. The van der Waals surface area contributed by atoms with Gasteiger partial charge in [-0.2, -0.15) is 0 Å². The molecule has 3 rings (SSSR count). The van der Waals surface area contributed by atoms with Crippen LogP contribution >= 0.6 is 0 Å². The van der Waals surface area contributed by atoms with Gasteiger partial charge >= 0.3 is 0 Å². The van der Waals surface area contributed by atoms with Gasteiger partial charge in [0.2, 0.25) is 0 Å². The van der Waals surface area contributed by atoms with Crippen molar-refractivity contribution in [1.29, 1.82) is 0 Å². The summed E-state index contributed by atoms with van der Waals surface area (Å²) in [5.41, 5.74) is 3.47. The van der Waals surface area contributed by atoms with E-state index in [0.717, 1.165) is 24.3 Å². The second-order valence-corrected chi connectivity index (χ2v) is 7.81. The molecule has 1 heterocycles. The maximum Gasteiger partial charge on any atom is 0.257 e. The quantitative estimate of drug-likeness (QED) is 0.679. The lowest BCUT2D eigenvalue weighted by molar-refractivity contribution is -0.123. The van der Waals surface area contributed by atoms with Gasteiger partial charge in [0.15, 0.2) is 18.1 Å². The number of methoxy groups -OCH3 is 1. The van der Waals surface area contributed by atoms with Crippen molar-refractivity contribution < 1.29 is 19.0 Å². The fourth-order valence-electron chi connectivity index (χ4n) is 3.46. The molecule has 0 bridgehead atoms. The van der Waals surface area contributed by atoms with Crippen molar-refractivity contribution in [2.24, 2.45) is 0 Å². The van der Waals surface area contributed by atoms with E-state index in [1.807, 2.05) is 25.1 Å². The van der Waals surface area contributed by atoms with E-state index in [-0.39, 0.29) is 18.1 Å². The Morgan fingerprint density at radius 3 is 2.55 bits per heavy atom. The summed E-state index contributed by atoms with van der Waals surface area (Å²) in [6.07, 6.45) is 0.936. The van der Waals surface area contributed by atoms with Gasteiger partial charge in [-0.05, 0) is 55.7 Å². The number of rotatable bonds is 9. The molecule has 29 heavy (non-hydrogen) atoms. The number of benzene rings is 2. The number of carbonyl (C=O) groups is 1. The van der Waals surface area contributed by atoms with Crippen LogP contribution in [0.3, 0.4) is 0 Å². The van der Waals surface area contributed by atoms with Gasteiger partial charge in [-0.15, -0.1) is 0 Å². The van der Waals surface area contributed by atoms with Crippen LogP contribution in [-0.2, 0) is 24.3 Å². The lowest BCUT2D eigenvalue weighted by Gasteiger charge is -2.16. The Balaban J connectivity index is 1.54. The van der Waals surface area contributed by atoms with Gasteiger partial charge in [-0.1, -0.05) is 18.2 Å². The summed E-state index contributed by atoms with van der Waals surface area (Å²) in [5, 5.41) is 6.17. The average Bonchev–Trinajstić information content (AvgIpc) is 3.00. The van der Waals surface area contributed by atoms with E-state index in [0.29, 0.717) is 24.6 Å². The molecule has 2 aromatic carbocycles. The number of nitrogens with one attached hydrogen (secondary N) is 2. The van der Waals surface area contributed by atoms with Crippen LogP contribution in [0.1, 0.15) is 37.5 Å². The molecule has 0 saturated carbocycles. The van der Waals surface area contributed by atoms with Gasteiger partial charge < -0.3 is 24.8 Å². The first-order valence-corrected chi connectivity index (χ1v) is 9.98. The molecule has 0 radical (unpaired) electrons. The van der Waals surface area contributed by atoms with Crippen molar-refractivity contribution in [2.75, 3.05) is 20.3 Å². The zero-order valence-electron chi connectivity index (χ0n) is 17.6. The van der Waals surface area contributed by atoms with Crippen molar-refractivity contribution >= 4 is 5.91 Å². The maximum absolute atomic E-state index is 11.6. The first kappa shape index (κ1) is 21.0. The number of likely N-dealkylation sites (N-methyl/N-ethyl adjacent to an activating group) is 1. The van der Waals surface area contributed by atoms with Crippen LogP contribution in [0.15, 0.2) is 36.4 Å². The molecule has 6 heteroatoms. The van der Waals surface area contributed by atoms with Crippen LogP contribution < -0.4 is 24.8 Å². The topological polar surface area (TPSA) is 68.8 Å². The van der Waals surface area contributed by atoms with Crippen molar-refractivity contribution in [1.82, 2.24) is 10.6 Å². The summed E-state index contributed by atoms with van der Waals surface area (Å²) in [7, 11) is 1.60. The zero-order chi connectivity index (χ0) is 20.9. The van der Waals surface area contributed by atoms with Crippen LogP contribution in [0.5, 0.6) is 17.2 Å². The van der Waals surface area contributed by atoms with E-state index in [2.05, 4.69) is 42.7 Å². The average molecular weight is 399 g/mol. The minimum absolute atomic E-state index is 0.0271. The highest BCUT2D eigenvalue weighted by Crippen LogP contribution is 2.35. The van der Waals surface area contributed by atoms with Gasteiger partial charge in [-0.3, -0.25) is 4.79 Å². The Bertz CT molecular complexity index is 864. The summed E-state index contributed by atoms with van der Waals surface area (Å²) in [6.45, 7) is 8.12. The third-order valence-electron chi connectivity index (χ3n) is 4.75. The second-order valence-electron chi connectivity index (χ2n) is 7.81. The van der Waals surface area contributed by atoms with Gasteiger partial charge in [0.05, 0.1) is 7.11 Å². The fraction of sp³-hybridized carbons (Fsp3) is 0.435. The number of ether oxygens (including phenoxy) is 3. The van der Waals surface area contributed by atoms with Gasteiger partial charge in [-0.25, -0.2) is 0 Å². The van der Waals surface area contributed by atoms with Crippen molar-refractivity contribution in [3.63, 3.8) is 0 Å². The van der Waals surface area contributed by atoms with E-state index in [4.69, 9.17) is 14.2 Å². The SMILES string of the molecule is CCNC(=O)COc1ccc(CNCc2ccc3c(c2)CC(C)(C)O3)cc1OC. The molecule has 2 aromatic rings. The van der Waals surface area contributed by atoms with Crippen LogP contribution in [0, 0.1) is 0 Å². The monoisotopic (exact) mass is 398 g/mol. The predicted molar refractivity (Wildman–Crippen MR) is 113 cm³/mol. The smallest absolute Gasteiger partial charge is 0.257 e. The molecule has 0 aliphatic carbocycles. The van der Waals surface area contributed by atoms with Crippen LogP contribution in [0.4, 0.5) is 0 Å². The molecule has 0 aromatic heterocycles. The Labute approximate surface area is 172 Å². The second kappa shape index (κ2) is 9.18. The van der Waals surface area contributed by atoms with Crippen molar-refractivity contribution in [3.8, 4) is 17.2 Å². The fourth-order valence-corrected chi connectivity index (χ4v) is 3.46. The van der Waals surface area contributed by atoms with Gasteiger partial charge in [0, 0.05) is 26.1 Å². The number of fused-ring (bicyclic) bond motifs is 1. The third kappa shape index (κ3) is 5.64. The summed E-state index contributed by atoms with van der Waals surface area (Å²) < 4.78 is 16.9. The number of hydrogen-bond donors (Lipinski definition) is 2. The minimum atomic E-state index is -0.150. The van der Waals surface area contributed by atoms with Crippen LogP contribution in [0.25, 0.3) is 0 Å². The normalized spacial score (nSPS) is 14.1. The summed E-state index contributed by atoms with van der Waals surface area (Å²) in [6, 6.07) is 12.1. The van der Waals surface area contributed by atoms with E-state index >= 15 is 0 Å². The van der Waals surface area contributed by atoms with Crippen LogP contribution in [-0.4, -0.2) is 31.8 Å². The minimum Gasteiger partial charge on any atom is -0.493 e. The molecule has 1 aliphatic heterocycles. The first-order chi connectivity index (χ1) is 13.9. The molecule has 0 spiro atoms. The molecule has 1 aliphatic rings. The highest BCUT2D eigenvalue weighted by atomic mass is 16.5. The molecule has 156 valence electrons. The number of hydrogen-bond acceptors (Lipinski definition) is 5. The van der Waals surface area contributed by atoms with E-state index < -0.39 is 0 Å². The molecule has 0 saturated heterocycles. The zero-order valence-corrected chi connectivity index (χ0v) is 17.6. The van der Waals surface area contributed by atoms with E-state index in [1.54, 1.807) is 7.11 Å². The largest absolute Gasteiger partial charge is 0.493 e. The Morgan fingerprint density at radius 2 is 1.83 bits per heavy atom. The molecule has 0 atom stereocenters. The molecule has 1 amide bonds. The standard InChI is InChI=1S/C23H30N2O4/c1-5-25-22(26)15-28-20-9-7-17(11-21(20)27-4)14-24-13-16-6-8-19-18(10-16)12-23(2,3)29-19/h6-11,24H,5,12-15H2,1-4H3,(H,25,26). The highest BCUT2D eigenvalue weighted by molar-refractivity contribution is 5.77. The first-order valence-electron chi connectivity index (χ1n) is 9.98. The van der Waals surface area contributed by atoms with Crippen molar-refractivity contribution in [2.45, 2.75) is 45.9 Å². The highest BCUT2D eigenvalue weighted by Gasteiger charge is 2.29. The Hall–Kier alpha value is -2.73. The third-order valence-corrected chi connectivity index (χ3v) is 4.75. The molecule has 6 nitrogen and oxygen atoms in total. The van der Waals surface area contributed by atoms with Gasteiger partial charge in [0.1, 0.15) is 11.4 Å². The molecule has 0 unspecified atom stereocenters. The summed E-state index contributed by atoms with van der Waals surface area (Å²) in [4.78, 5) is 11.6. The van der Waals surface area contributed by atoms with E-state index in [9.17, 15) is 4.79 Å². The molecule has 2 N–H and O–H groups in total. The molecular formula is C23H30N2O4. The molecule has 0 fully saturated rings. The number of amides is 1. The van der Waals surface area contributed by atoms with Crippen LogP contribution in [0.2, 0.25) is 0 Å². The summed E-state index contributed by atoms with van der Waals surface area (Å²) in [5.74, 6) is 2.02. The lowest BCUT2D eigenvalue weighted by atomic mass is 10.0. The Morgan fingerprint density at radius 1 is 1.10 bits per heavy atom. The van der Waals surface area contributed by atoms with E-state index in [1.165, 1.54) is 11.1 Å². The maximum atomic E-state index is 11.6. The van der Waals surface area contributed by atoms with Gasteiger partial charge in [0.25, 0.3) is 5.91 Å².